The Hall–Kier alpha value is -6.36. The van der Waals surface area contributed by atoms with Gasteiger partial charge in [0.2, 0.25) is 24.3 Å². The highest BCUT2D eigenvalue weighted by Gasteiger charge is 2.56. The number of ether oxygens (including phenoxy) is 10. The number of hydrogen-bond acceptors (Lipinski definition) is 17. The lowest BCUT2D eigenvalue weighted by Crippen LogP contribution is -2.63. The lowest BCUT2D eigenvalue weighted by atomic mass is 9.66. The summed E-state index contributed by atoms with van der Waals surface area (Å²) in [5, 5.41) is 24.9. The number of methoxy groups -OCH3 is 2. The minimum Gasteiger partial charge on any atom is -0.493 e. The Morgan fingerprint density at radius 1 is 0.938 bits per heavy atom. The number of hydrogen-bond donors (Lipinski definition) is 4. The Morgan fingerprint density at radius 2 is 1.65 bits per heavy atom. The number of H-pyrrole nitrogens is 1. The molecule has 344 valence electrons. The fourth-order valence-corrected chi connectivity index (χ4v) is 9.03. The van der Waals surface area contributed by atoms with E-state index in [1.165, 1.54) is 14.2 Å². The Kier molecular flexibility index (Phi) is 12.1. The van der Waals surface area contributed by atoms with Gasteiger partial charge in [-0.1, -0.05) is 30.3 Å². The number of aromatic amines is 1. The molecule has 11 atom stereocenters. The summed E-state index contributed by atoms with van der Waals surface area (Å²) in [6.07, 6.45) is -6.99. The van der Waals surface area contributed by atoms with Crippen LogP contribution in [-0.4, -0.2) is 115 Å². The van der Waals surface area contributed by atoms with Crippen LogP contribution < -0.4 is 40.3 Å². The third-order valence-electron chi connectivity index (χ3n) is 12.1. The number of esters is 2. The van der Waals surface area contributed by atoms with Crippen molar-refractivity contribution >= 4 is 17.8 Å². The predicted octanol–water partition coefficient (Wildman–Crippen LogP) is 0.955. The number of benzene rings is 3. The molecule has 3 saturated heterocycles. The predicted molar refractivity (Wildman–Crippen MR) is 216 cm³/mol. The van der Waals surface area contributed by atoms with Crippen LogP contribution in [0.5, 0.6) is 28.7 Å². The lowest BCUT2D eigenvalue weighted by molar-refractivity contribution is -0.364. The van der Waals surface area contributed by atoms with E-state index in [0.717, 1.165) is 0 Å². The van der Waals surface area contributed by atoms with E-state index in [-0.39, 0.29) is 43.7 Å². The number of carbonyl (C=O) groups excluding carboxylic acids is 3. The summed E-state index contributed by atoms with van der Waals surface area (Å²) in [6.45, 7) is 0.851. The van der Waals surface area contributed by atoms with Crippen LogP contribution in [0.1, 0.15) is 41.2 Å². The van der Waals surface area contributed by atoms with Crippen molar-refractivity contribution in [2.24, 2.45) is 11.8 Å². The van der Waals surface area contributed by atoms with Gasteiger partial charge in [0.1, 0.15) is 37.0 Å². The fraction of sp³-hybridized carbons (Fsp3) is 0.432. The first kappa shape index (κ1) is 43.9. The van der Waals surface area contributed by atoms with Gasteiger partial charge >= 0.3 is 17.6 Å². The standard InChI is InChI=1S/C44H44FN3O17/c1-19-58-17-31-39(62-19)35(50)36(51)43(63-31)65-37-23-13-28-27(60-18-61-28)12-22(23)33(34-24(37)16-59-42(34)54)21-10-29(56-2)38(30(11-21)57-3)64-41(53)26(9-20-7-5-4-6-8-20)46-32(49)15-48-14-25(45)40(52)47-44(48)55/h4-8,10-14,19,24,26,31,33-37,39,43,50-51H,9,15-18H2,1-3H3,(H,46,49)(H,47,52,55)/t19-,24+,26+,31-,33-,34+,35-,36-,37-,39-,43+/m1/s1. The molecule has 0 spiro atoms. The highest BCUT2D eigenvalue weighted by molar-refractivity contribution is 5.86. The normalized spacial score (nSPS) is 27.9. The van der Waals surface area contributed by atoms with Crippen LogP contribution in [-0.2, 0) is 51.0 Å². The number of nitrogens with one attached hydrogen (secondary N) is 2. The van der Waals surface area contributed by atoms with E-state index in [1.807, 2.05) is 0 Å². The number of fused-ring (bicyclic) bond motifs is 4. The number of amides is 1. The fourth-order valence-electron chi connectivity index (χ4n) is 9.03. The van der Waals surface area contributed by atoms with Crippen molar-refractivity contribution in [2.75, 3.05) is 34.2 Å². The number of cyclic esters (lactones) is 1. The van der Waals surface area contributed by atoms with Gasteiger partial charge in [-0.15, -0.1) is 0 Å². The van der Waals surface area contributed by atoms with E-state index in [0.29, 0.717) is 44.5 Å². The molecule has 4 aliphatic heterocycles. The van der Waals surface area contributed by atoms with E-state index in [9.17, 15) is 38.6 Å². The van der Waals surface area contributed by atoms with Crippen molar-refractivity contribution in [3.05, 3.63) is 110 Å². The highest BCUT2D eigenvalue weighted by atomic mass is 19.1. The molecule has 1 aromatic heterocycles. The number of halogens is 1. The minimum atomic E-state index is -1.54. The molecule has 4 N–H and O–H groups in total. The molecule has 4 aromatic rings. The van der Waals surface area contributed by atoms with Crippen LogP contribution in [0, 0.1) is 17.7 Å². The van der Waals surface area contributed by atoms with Crippen LogP contribution in [0.2, 0.25) is 0 Å². The summed E-state index contributed by atoms with van der Waals surface area (Å²) in [5.74, 6) is -5.42. The summed E-state index contributed by atoms with van der Waals surface area (Å²) in [5.41, 5.74) is -0.0813. The summed E-state index contributed by atoms with van der Waals surface area (Å²) in [6, 6.07) is 13.9. The molecule has 5 aliphatic rings. The summed E-state index contributed by atoms with van der Waals surface area (Å²) >= 11 is 0. The van der Waals surface area contributed by atoms with Gasteiger partial charge in [-0.25, -0.2) is 9.59 Å². The van der Waals surface area contributed by atoms with Gasteiger partial charge in [-0.05, 0) is 53.4 Å². The molecule has 3 fully saturated rings. The maximum absolute atomic E-state index is 14.1. The van der Waals surface area contributed by atoms with Crippen molar-refractivity contribution in [3.63, 3.8) is 0 Å². The number of nitrogens with zero attached hydrogens (tertiary/aromatic N) is 1. The SMILES string of the molecule is COc1cc([C@@H]2c3cc4c(cc3[C@@H](O[C@@H]3O[C@@H]5CO[C@@H](C)O[C@H]5[C@H](O)[C@H]3O)[C@H]3COC(=O)[C@H]23)OCO4)cc(OC)c1OC(=O)[C@H](Cc1ccccc1)NC(=O)Cn1cc(F)c(=O)[nH]c1=O. The summed E-state index contributed by atoms with van der Waals surface area (Å²) in [4.78, 5) is 66.9. The Bertz CT molecular complexity index is 2580. The van der Waals surface area contributed by atoms with Gasteiger partial charge < -0.3 is 62.9 Å². The van der Waals surface area contributed by atoms with E-state index in [2.05, 4.69) is 5.32 Å². The van der Waals surface area contributed by atoms with Crippen molar-refractivity contribution < 1.29 is 76.4 Å². The van der Waals surface area contributed by atoms with Crippen molar-refractivity contribution in [1.29, 1.82) is 0 Å². The van der Waals surface area contributed by atoms with Crippen molar-refractivity contribution in [1.82, 2.24) is 14.9 Å². The molecule has 9 rings (SSSR count). The van der Waals surface area contributed by atoms with Crippen LogP contribution in [0.15, 0.2) is 70.4 Å². The van der Waals surface area contributed by atoms with E-state index in [1.54, 1.807) is 66.5 Å². The summed E-state index contributed by atoms with van der Waals surface area (Å²) < 4.78 is 73.4. The smallest absolute Gasteiger partial charge is 0.334 e. The first-order valence-electron chi connectivity index (χ1n) is 20.7. The van der Waals surface area contributed by atoms with Crippen LogP contribution in [0.3, 0.4) is 0 Å². The van der Waals surface area contributed by atoms with Crippen molar-refractivity contribution in [2.45, 2.75) is 74.9 Å². The molecule has 21 heteroatoms. The van der Waals surface area contributed by atoms with E-state index < -0.39 is 108 Å². The molecule has 1 aliphatic carbocycles. The van der Waals surface area contributed by atoms with Crippen molar-refractivity contribution in [3.8, 4) is 28.7 Å². The second kappa shape index (κ2) is 17.9. The maximum Gasteiger partial charge on any atom is 0.334 e. The molecule has 0 unspecified atom stereocenters. The zero-order valence-electron chi connectivity index (χ0n) is 35.0. The molecule has 65 heavy (non-hydrogen) atoms. The van der Waals surface area contributed by atoms with Crippen LogP contribution in [0.25, 0.3) is 0 Å². The average Bonchev–Trinajstić information content (AvgIpc) is 3.92. The Balaban J connectivity index is 1.04. The van der Waals surface area contributed by atoms with Crippen LogP contribution in [0.4, 0.5) is 4.39 Å². The quantitative estimate of drug-likeness (QED) is 0.114. The molecule has 5 heterocycles. The second-order valence-corrected chi connectivity index (χ2v) is 16.1. The van der Waals surface area contributed by atoms with Gasteiger partial charge in [-0.2, -0.15) is 4.39 Å². The number of aliphatic hydroxyl groups is 2. The first-order valence-corrected chi connectivity index (χ1v) is 20.7. The first-order chi connectivity index (χ1) is 31.3. The van der Waals surface area contributed by atoms with Gasteiger partial charge in [0, 0.05) is 18.3 Å². The largest absolute Gasteiger partial charge is 0.493 e. The maximum atomic E-state index is 14.1. The molecule has 1 amide bonds. The number of aromatic nitrogens is 2. The van der Waals surface area contributed by atoms with Gasteiger partial charge in [0.15, 0.2) is 35.6 Å². The number of carbonyl (C=O) groups is 3. The zero-order valence-corrected chi connectivity index (χ0v) is 35.0. The minimum absolute atomic E-state index is 0.00449. The number of aliphatic hydroxyl groups excluding tert-OH is 2. The molecule has 3 aromatic carbocycles. The highest BCUT2D eigenvalue weighted by Crippen LogP contribution is 2.57. The van der Waals surface area contributed by atoms with Crippen LogP contribution >= 0.6 is 0 Å². The molecule has 0 radical (unpaired) electrons. The topological polar surface area (TPSA) is 251 Å². The Labute approximate surface area is 367 Å². The van der Waals surface area contributed by atoms with E-state index >= 15 is 0 Å². The zero-order chi connectivity index (χ0) is 45.7. The van der Waals surface area contributed by atoms with Gasteiger partial charge in [0.25, 0.3) is 5.56 Å². The van der Waals surface area contributed by atoms with Gasteiger partial charge in [0.05, 0.1) is 45.7 Å². The Morgan fingerprint density at radius 3 is 2.35 bits per heavy atom. The molecule has 0 saturated carbocycles. The average molecular weight is 906 g/mol. The molecular formula is C44H44FN3O17. The van der Waals surface area contributed by atoms with E-state index in [4.69, 9.17) is 47.4 Å². The summed E-state index contributed by atoms with van der Waals surface area (Å²) in [7, 11) is 2.67. The van der Waals surface area contributed by atoms with Gasteiger partial charge in [-0.3, -0.25) is 23.9 Å². The monoisotopic (exact) mass is 905 g/mol. The third-order valence-corrected chi connectivity index (χ3v) is 12.1. The third kappa shape index (κ3) is 8.41. The molecule has 0 bridgehead atoms. The molecule has 20 nitrogen and oxygen atoms in total. The number of rotatable bonds is 12. The second-order valence-electron chi connectivity index (χ2n) is 16.1. The lowest BCUT2D eigenvalue weighted by Gasteiger charge is -2.47. The molecular weight excluding hydrogens is 861 g/mol.